The van der Waals surface area contributed by atoms with Crippen LogP contribution in [0.25, 0.3) is 0 Å². The van der Waals surface area contributed by atoms with Crippen LogP contribution < -0.4 is 5.32 Å². The fourth-order valence-corrected chi connectivity index (χ4v) is 2.88. The molecule has 6 heteroatoms. The van der Waals surface area contributed by atoms with E-state index in [1.165, 1.54) is 6.07 Å². The molecular formula is C16H21FN4O. The standard InChI is InChI=1S/C16H21FN4O/c1-12(6-7-13-4-2-3-5-14(13)17)19-15-10-22-11-16(15)21-9-8-18-20-21/h2-5,8-9,12,15-16,19H,6-7,10-11H2,1H3/t12-,15+,16-/m1/s1. The van der Waals surface area contributed by atoms with Crippen LogP contribution in [0.2, 0.25) is 0 Å². The predicted octanol–water partition coefficient (Wildman–Crippen LogP) is 1.97. The van der Waals surface area contributed by atoms with Crippen molar-refractivity contribution in [2.75, 3.05) is 13.2 Å². The lowest BCUT2D eigenvalue weighted by Gasteiger charge is -2.23. The van der Waals surface area contributed by atoms with Gasteiger partial charge in [-0.3, -0.25) is 0 Å². The lowest BCUT2D eigenvalue weighted by molar-refractivity contribution is 0.180. The van der Waals surface area contributed by atoms with Crippen LogP contribution in [-0.2, 0) is 11.2 Å². The molecule has 1 aromatic heterocycles. The zero-order valence-electron chi connectivity index (χ0n) is 12.7. The molecule has 5 nitrogen and oxygen atoms in total. The molecule has 2 heterocycles. The minimum Gasteiger partial charge on any atom is -0.377 e. The molecule has 0 saturated carbocycles. The highest BCUT2D eigenvalue weighted by Crippen LogP contribution is 2.19. The van der Waals surface area contributed by atoms with Crippen LogP contribution in [0.3, 0.4) is 0 Å². The Labute approximate surface area is 129 Å². The Morgan fingerprint density at radius 3 is 3.05 bits per heavy atom. The summed E-state index contributed by atoms with van der Waals surface area (Å²) in [6.45, 7) is 3.42. The van der Waals surface area contributed by atoms with Gasteiger partial charge >= 0.3 is 0 Å². The molecule has 1 aliphatic rings. The summed E-state index contributed by atoms with van der Waals surface area (Å²) in [6, 6.07) is 7.60. The molecule has 2 aromatic rings. The van der Waals surface area contributed by atoms with Crippen LogP contribution in [0.5, 0.6) is 0 Å². The smallest absolute Gasteiger partial charge is 0.126 e. The fraction of sp³-hybridized carbons (Fsp3) is 0.500. The van der Waals surface area contributed by atoms with E-state index in [0.29, 0.717) is 13.2 Å². The van der Waals surface area contributed by atoms with Crippen molar-refractivity contribution in [2.45, 2.75) is 37.9 Å². The third kappa shape index (κ3) is 3.51. The summed E-state index contributed by atoms with van der Waals surface area (Å²) >= 11 is 0. The largest absolute Gasteiger partial charge is 0.377 e. The van der Waals surface area contributed by atoms with Gasteiger partial charge in [0.05, 0.1) is 31.5 Å². The van der Waals surface area contributed by atoms with Gasteiger partial charge in [0.25, 0.3) is 0 Å². The summed E-state index contributed by atoms with van der Waals surface area (Å²) in [4.78, 5) is 0. The molecule has 1 fully saturated rings. The summed E-state index contributed by atoms with van der Waals surface area (Å²) in [6.07, 6.45) is 5.14. The number of nitrogens with one attached hydrogen (secondary N) is 1. The Morgan fingerprint density at radius 1 is 1.41 bits per heavy atom. The number of hydrogen-bond donors (Lipinski definition) is 1. The molecule has 0 bridgehead atoms. The highest BCUT2D eigenvalue weighted by molar-refractivity contribution is 5.17. The fourth-order valence-electron chi connectivity index (χ4n) is 2.88. The summed E-state index contributed by atoms with van der Waals surface area (Å²) in [7, 11) is 0. The van der Waals surface area contributed by atoms with E-state index in [-0.39, 0.29) is 23.9 Å². The van der Waals surface area contributed by atoms with Gasteiger partial charge in [0.2, 0.25) is 0 Å². The molecule has 1 saturated heterocycles. The van der Waals surface area contributed by atoms with Crippen molar-refractivity contribution in [1.29, 1.82) is 0 Å². The monoisotopic (exact) mass is 304 g/mol. The second-order valence-corrected chi connectivity index (χ2v) is 5.79. The average Bonchev–Trinajstić information content (AvgIpc) is 3.17. The van der Waals surface area contributed by atoms with Crippen LogP contribution in [0.1, 0.15) is 24.9 Å². The molecule has 1 aromatic carbocycles. The van der Waals surface area contributed by atoms with Gasteiger partial charge in [0.15, 0.2) is 0 Å². The molecule has 1 N–H and O–H groups in total. The van der Waals surface area contributed by atoms with Crippen LogP contribution >= 0.6 is 0 Å². The van der Waals surface area contributed by atoms with Crippen molar-refractivity contribution in [1.82, 2.24) is 20.3 Å². The minimum absolute atomic E-state index is 0.126. The number of benzene rings is 1. The van der Waals surface area contributed by atoms with Crippen LogP contribution in [-0.4, -0.2) is 40.3 Å². The van der Waals surface area contributed by atoms with Crippen molar-refractivity contribution in [3.63, 3.8) is 0 Å². The third-order valence-electron chi connectivity index (χ3n) is 4.13. The highest BCUT2D eigenvalue weighted by atomic mass is 19.1. The van der Waals surface area contributed by atoms with E-state index in [1.54, 1.807) is 12.3 Å². The number of aryl methyl sites for hydroxylation is 1. The van der Waals surface area contributed by atoms with Crippen molar-refractivity contribution in [2.24, 2.45) is 0 Å². The van der Waals surface area contributed by atoms with Gasteiger partial charge < -0.3 is 10.1 Å². The summed E-state index contributed by atoms with van der Waals surface area (Å²) in [5.41, 5.74) is 0.770. The number of halogens is 1. The van der Waals surface area contributed by atoms with E-state index in [9.17, 15) is 4.39 Å². The molecule has 3 atom stereocenters. The number of hydrogen-bond acceptors (Lipinski definition) is 4. The Bertz CT molecular complexity index is 590. The summed E-state index contributed by atoms with van der Waals surface area (Å²) in [5, 5.41) is 11.5. The quantitative estimate of drug-likeness (QED) is 0.886. The molecule has 1 aliphatic heterocycles. The zero-order chi connectivity index (χ0) is 15.4. The first-order valence-corrected chi connectivity index (χ1v) is 7.67. The maximum Gasteiger partial charge on any atom is 0.126 e. The first-order valence-electron chi connectivity index (χ1n) is 7.67. The lowest BCUT2D eigenvalue weighted by atomic mass is 10.0. The molecule has 0 radical (unpaired) electrons. The van der Waals surface area contributed by atoms with E-state index in [4.69, 9.17) is 4.74 Å². The van der Waals surface area contributed by atoms with Gasteiger partial charge in [0, 0.05) is 12.2 Å². The average molecular weight is 304 g/mol. The van der Waals surface area contributed by atoms with Gasteiger partial charge in [-0.2, -0.15) is 0 Å². The Hall–Kier alpha value is -1.79. The maximum atomic E-state index is 13.6. The summed E-state index contributed by atoms with van der Waals surface area (Å²) < 4.78 is 21.0. The number of nitrogens with zero attached hydrogens (tertiary/aromatic N) is 3. The Kier molecular flexibility index (Phi) is 4.80. The lowest BCUT2D eigenvalue weighted by Crippen LogP contribution is -2.42. The Morgan fingerprint density at radius 2 is 2.27 bits per heavy atom. The SMILES string of the molecule is C[C@H](CCc1ccccc1F)N[C@H]1COC[C@H]1n1ccnn1. The minimum atomic E-state index is -0.126. The van der Waals surface area contributed by atoms with Gasteiger partial charge in [0.1, 0.15) is 5.82 Å². The highest BCUT2D eigenvalue weighted by Gasteiger charge is 2.31. The zero-order valence-corrected chi connectivity index (χ0v) is 12.7. The molecule has 0 aliphatic carbocycles. The Balaban J connectivity index is 1.53. The maximum absolute atomic E-state index is 13.6. The first kappa shape index (κ1) is 15.1. The van der Waals surface area contributed by atoms with Crippen molar-refractivity contribution >= 4 is 0 Å². The van der Waals surface area contributed by atoms with Gasteiger partial charge in [-0.15, -0.1) is 5.10 Å². The van der Waals surface area contributed by atoms with Gasteiger partial charge in [-0.05, 0) is 31.4 Å². The third-order valence-corrected chi connectivity index (χ3v) is 4.13. The second-order valence-electron chi connectivity index (χ2n) is 5.79. The van der Waals surface area contributed by atoms with Crippen LogP contribution in [0, 0.1) is 5.82 Å². The number of aromatic nitrogens is 3. The van der Waals surface area contributed by atoms with Crippen LogP contribution in [0.4, 0.5) is 4.39 Å². The van der Waals surface area contributed by atoms with Gasteiger partial charge in [-0.1, -0.05) is 23.4 Å². The molecule has 3 rings (SSSR count). The normalized spacial score (nSPS) is 22.8. The van der Waals surface area contributed by atoms with Crippen molar-refractivity contribution in [3.8, 4) is 0 Å². The van der Waals surface area contributed by atoms with E-state index in [2.05, 4.69) is 22.6 Å². The molecule has 0 spiro atoms. The first-order chi connectivity index (χ1) is 10.7. The molecule has 0 amide bonds. The molecule has 118 valence electrons. The van der Waals surface area contributed by atoms with E-state index in [1.807, 2.05) is 23.0 Å². The van der Waals surface area contributed by atoms with E-state index < -0.39 is 0 Å². The number of rotatable bonds is 6. The molecule has 22 heavy (non-hydrogen) atoms. The van der Waals surface area contributed by atoms with Gasteiger partial charge in [-0.25, -0.2) is 9.07 Å². The number of ether oxygens (including phenoxy) is 1. The predicted molar refractivity (Wildman–Crippen MR) is 81.0 cm³/mol. The summed E-state index contributed by atoms with van der Waals surface area (Å²) in [5.74, 6) is -0.126. The van der Waals surface area contributed by atoms with Crippen LogP contribution in [0.15, 0.2) is 36.7 Å². The molecule has 0 unspecified atom stereocenters. The van der Waals surface area contributed by atoms with E-state index in [0.717, 1.165) is 18.4 Å². The van der Waals surface area contributed by atoms with Crippen molar-refractivity contribution < 1.29 is 9.13 Å². The van der Waals surface area contributed by atoms with Crippen molar-refractivity contribution in [3.05, 3.63) is 48.0 Å². The molecular weight excluding hydrogens is 283 g/mol. The van der Waals surface area contributed by atoms with E-state index >= 15 is 0 Å². The topological polar surface area (TPSA) is 52.0 Å². The second kappa shape index (κ2) is 6.98.